The van der Waals surface area contributed by atoms with Gasteiger partial charge >= 0.3 is 0 Å². The van der Waals surface area contributed by atoms with Crippen LogP contribution in [-0.2, 0) is 19.2 Å². The van der Waals surface area contributed by atoms with Crippen LogP contribution in [0.5, 0.6) is 0 Å². The fourth-order valence-electron chi connectivity index (χ4n) is 4.21. The van der Waals surface area contributed by atoms with Crippen LogP contribution in [0.15, 0.2) is 24.3 Å². The number of hydrogen-bond donors (Lipinski definition) is 4. The minimum Gasteiger partial charge on any atom is -0.378 e. The van der Waals surface area contributed by atoms with E-state index in [9.17, 15) is 24.0 Å². The van der Waals surface area contributed by atoms with E-state index in [2.05, 4.69) is 10.6 Å². The fraction of sp³-hybridized carbons (Fsp3) is 0.522. The molecule has 3 rings (SSSR count). The highest BCUT2D eigenvalue weighted by molar-refractivity contribution is 6.00. The number of aliphatic hydroxyl groups is 2. The van der Waals surface area contributed by atoms with Crippen LogP contribution in [0, 0.1) is 0 Å². The average molecular weight is 490 g/mol. The number of hydrazine groups is 1. The second-order valence-corrected chi connectivity index (χ2v) is 8.83. The monoisotopic (exact) mass is 489 g/mol. The fourth-order valence-corrected chi connectivity index (χ4v) is 4.21. The van der Waals surface area contributed by atoms with Crippen LogP contribution in [0.3, 0.4) is 0 Å². The van der Waals surface area contributed by atoms with E-state index in [1.54, 1.807) is 24.3 Å². The second kappa shape index (κ2) is 11.3. The van der Waals surface area contributed by atoms with Crippen molar-refractivity contribution in [3.05, 3.63) is 29.8 Å². The van der Waals surface area contributed by atoms with Crippen LogP contribution < -0.4 is 15.5 Å². The smallest absolute Gasteiger partial charge is 0.264 e. The van der Waals surface area contributed by atoms with Gasteiger partial charge in [0, 0.05) is 44.7 Å². The summed E-state index contributed by atoms with van der Waals surface area (Å²) in [6.07, 6.45) is -1.07. The van der Waals surface area contributed by atoms with Crippen molar-refractivity contribution in [2.24, 2.45) is 0 Å². The van der Waals surface area contributed by atoms with Crippen LogP contribution in [0.2, 0.25) is 0 Å². The van der Waals surface area contributed by atoms with Crippen LogP contribution in [0.25, 0.3) is 0 Å². The zero-order chi connectivity index (χ0) is 25.7. The molecule has 2 aliphatic rings. The molecule has 1 aromatic rings. The Morgan fingerprint density at radius 3 is 2.46 bits per heavy atom. The molecule has 0 aliphatic carbocycles. The van der Waals surface area contributed by atoms with Gasteiger partial charge in [0.05, 0.1) is 6.04 Å². The molecule has 12 nitrogen and oxygen atoms in total. The number of nitrogens with one attached hydrogen (secondary N) is 2. The lowest BCUT2D eigenvalue weighted by Crippen LogP contribution is -2.64. The van der Waals surface area contributed by atoms with E-state index in [1.165, 1.54) is 5.01 Å². The number of benzene rings is 1. The van der Waals surface area contributed by atoms with Crippen molar-refractivity contribution in [1.29, 1.82) is 0 Å². The van der Waals surface area contributed by atoms with Gasteiger partial charge in [-0.05, 0) is 43.5 Å². The Morgan fingerprint density at radius 2 is 1.86 bits per heavy atom. The molecule has 4 N–H and O–H groups in total. The minimum absolute atomic E-state index is 0.00869. The number of rotatable bonds is 8. The van der Waals surface area contributed by atoms with Gasteiger partial charge in [0.15, 0.2) is 6.29 Å². The third-order valence-corrected chi connectivity index (χ3v) is 6.07. The molecule has 3 atom stereocenters. The Balaban J connectivity index is 1.78. The Bertz CT molecular complexity index is 966. The summed E-state index contributed by atoms with van der Waals surface area (Å²) in [5.41, 5.74) is 1.25. The van der Waals surface area contributed by atoms with Gasteiger partial charge in [0.25, 0.3) is 11.8 Å². The van der Waals surface area contributed by atoms with Crippen LogP contribution >= 0.6 is 0 Å². The summed E-state index contributed by atoms with van der Waals surface area (Å²) in [6, 6.07) is 3.52. The van der Waals surface area contributed by atoms with Crippen molar-refractivity contribution in [3.8, 4) is 0 Å². The lowest BCUT2D eigenvalue weighted by Gasteiger charge is -2.43. The third-order valence-electron chi connectivity index (χ3n) is 6.07. The topological polar surface area (TPSA) is 160 Å². The summed E-state index contributed by atoms with van der Waals surface area (Å²) in [5, 5.41) is 25.6. The van der Waals surface area contributed by atoms with Crippen molar-refractivity contribution in [1.82, 2.24) is 20.7 Å². The molecule has 0 radical (unpaired) electrons. The molecule has 1 aromatic carbocycles. The molecule has 12 heteroatoms. The van der Waals surface area contributed by atoms with E-state index in [1.807, 2.05) is 19.0 Å². The van der Waals surface area contributed by atoms with Gasteiger partial charge in [-0.15, -0.1) is 0 Å². The van der Waals surface area contributed by atoms with Crippen LogP contribution in [0.4, 0.5) is 5.69 Å². The molecule has 35 heavy (non-hydrogen) atoms. The maximum absolute atomic E-state index is 13.5. The Labute approximate surface area is 202 Å². The minimum atomic E-state index is -1.80. The Hall–Kier alpha value is -3.51. The zero-order valence-corrected chi connectivity index (χ0v) is 19.7. The number of carbonyl (C=O) groups excluding carboxylic acids is 5. The first-order chi connectivity index (χ1) is 16.6. The van der Waals surface area contributed by atoms with E-state index in [4.69, 9.17) is 10.2 Å². The number of nitrogens with zero attached hydrogens (tertiary/aromatic N) is 3. The summed E-state index contributed by atoms with van der Waals surface area (Å²) in [5.74, 6) is -2.12. The van der Waals surface area contributed by atoms with Gasteiger partial charge in [0.1, 0.15) is 18.4 Å². The first-order valence-corrected chi connectivity index (χ1v) is 11.5. The van der Waals surface area contributed by atoms with Gasteiger partial charge in [0.2, 0.25) is 11.8 Å². The molecule has 2 heterocycles. The van der Waals surface area contributed by atoms with Crippen LogP contribution in [-0.4, -0.2) is 95.2 Å². The molecule has 0 unspecified atom stereocenters. The lowest BCUT2D eigenvalue weighted by atomic mass is 10.0. The molecule has 2 saturated heterocycles. The highest BCUT2D eigenvalue weighted by atomic mass is 16.5. The predicted molar refractivity (Wildman–Crippen MR) is 124 cm³/mol. The van der Waals surface area contributed by atoms with E-state index < -0.39 is 48.6 Å². The molecule has 0 saturated carbocycles. The van der Waals surface area contributed by atoms with Crippen LogP contribution in [0.1, 0.15) is 42.5 Å². The van der Waals surface area contributed by atoms with E-state index in [0.29, 0.717) is 18.3 Å². The average Bonchev–Trinajstić information content (AvgIpc) is 2.95. The van der Waals surface area contributed by atoms with Crippen molar-refractivity contribution in [2.75, 3.05) is 25.5 Å². The summed E-state index contributed by atoms with van der Waals surface area (Å²) < 4.78 is 0. The molecular formula is C23H31N5O7. The first kappa shape index (κ1) is 26.1. The van der Waals surface area contributed by atoms with Gasteiger partial charge in [-0.2, -0.15) is 0 Å². The number of amides is 4. The van der Waals surface area contributed by atoms with Gasteiger partial charge in [-0.3, -0.25) is 24.2 Å². The number of hydrogen-bond acceptors (Lipinski definition) is 8. The molecule has 4 amide bonds. The van der Waals surface area contributed by atoms with Gasteiger partial charge in [-0.25, -0.2) is 5.01 Å². The molecule has 0 bridgehead atoms. The zero-order valence-electron chi connectivity index (χ0n) is 19.7. The first-order valence-electron chi connectivity index (χ1n) is 11.5. The van der Waals surface area contributed by atoms with E-state index in [0.717, 1.165) is 10.7 Å². The Kier molecular flexibility index (Phi) is 8.41. The Morgan fingerprint density at radius 1 is 1.17 bits per heavy atom. The number of carbonyl (C=O) groups is 5. The third kappa shape index (κ3) is 6.14. The van der Waals surface area contributed by atoms with Crippen molar-refractivity contribution >= 4 is 35.6 Å². The van der Waals surface area contributed by atoms with Crippen molar-refractivity contribution < 1.29 is 34.2 Å². The number of aliphatic hydroxyl groups excluding tert-OH is 1. The van der Waals surface area contributed by atoms with Gasteiger partial charge < -0.3 is 30.5 Å². The largest absolute Gasteiger partial charge is 0.378 e. The highest BCUT2D eigenvalue weighted by Crippen LogP contribution is 2.25. The second-order valence-electron chi connectivity index (χ2n) is 8.83. The predicted octanol–water partition coefficient (Wildman–Crippen LogP) is -1.24. The molecule has 0 spiro atoms. The van der Waals surface area contributed by atoms with Crippen molar-refractivity contribution in [3.63, 3.8) is 0 Å². The SMILES string of the molecule is CN(C)c1ccc(C(=O)N[C@H]2CCC(=O)N3CCC[C@@H](C(=O)N[C@H](C=O)CC(O)O)N3C2=O)cc1. The van der Waals surface area contributed by atoms with Gasteiger partial charge in [-0.1, -0.05) is 0 Å². The highest BCUT2D eigenvalue weighted by Gasteiger charge is 2.44. The number of aldehydes is 1. The molecular weight excluding hydrogens is 458 g/mol. The van der Waals surface area contributed by atoms with E-state index in [-0.39, 0.29) is 31.7 Å². The summed E-state index contributed by atoms with van der Waals surface area (Å²) in [4.78, 5) is 65.1. The maximum atomic E-state index is 13.5. The summed E-state index contributed by atoms with van der Waals surface area (Å²) >= 11 is 0. The molecule has 0 aromatic heterocycles. The number of fused-ring (bicyclic) bond motifs is 1. The quantitative estimate of drug-likeness (QED) is 0.261. The maximum Gasteiger partial charge on any atom is 0.264 e. The normalized spacial score (nSPS) is 21.2. The molecule has 190 valence electrons. The number of anilines is 1. The summed E-state index contributed by atoms with van der Waals surface area (Å²) in [6.45, 7) is 0.244. The lowest BCUT2D eigenvalue weighted by molar-refractivity contribution is -0.176. The standard InChI is InChI=1S/C23H31N5O7/c1-26(2)16-7-5-14(6-8-16)21(33)25-17-9-10-19(30)27-11-3-4-18(28(27)23(17)35)22(34)24-15(13-29)12-20(31)32/h5-8,13,15,17-18,20,31-32H,3-4,9-12H2,1-2H3,(H,24,34)(H,25,33)/t15-,17-,18-/m0/s1. The van der Waals surface area contributed by atoms with Crippen molar-refractivity contribution in [2.45, 2.75) is 56.5 Å². The molecule has 2 aliphatic heterocycles. The van der Waals surface area contributed by atoms with E-state index >= 15 is 0 Å². The molecule has 2 fully saturated rings. The summed E-state index contributed by atoms with van der Waals surface area (Å²) in [7, 11) is 3.74.